The van der Waals surface area contributed by atoms with Crippen molar-refractivity contribution in [2.24, 2.45) is 0 Å². The van der Waals surface area contributed by atoms with E-state index >= 15 is 0 Å². The van der Waals surface area contributed by atoms with Gasteiger partial charge in [-0.25, -0.2) is 0 Å². The third kappa shape index (κ3) is 3.67. The second kappa shape index (κ2) is 6.52. The molecule has 1 aromatic rings. The topological polar surface area (TPSA) is 64.4 Å². The number of nitrogens with one attached hydrogen (secondary N) is 1. The zero-order valence-corrected chi connectivity index (χ0v) is 11.2. The summed E-state index contributed by atoms with van der Waals surface area (Å²) in [6.07, 6.45) is 5.66. The summed E-state index contributed by atoms with van der Waals surface area (Å²) in [5, 5.41) is 14.1. The summed E-state index contributed by atoms with van der Waals surface area (Å²) in [7, 11) is 1.82. The summed E-state index contributed by atoms with van der Waals surface area (Å²) >= 11 is 0. The van der Waals surface area contributed by atoms with Crippen LogP contribution in [-0.4, -0.2) is 18.1 Å². The number of rotatable bonds is 5. The minimum atomic E-state index is -0.364. The van der Waals surface area contributed by atoms with E-state index in [-0.39, 0.29) is 16.7 Å². The van der Waals surface area contributed by atoms with Crippen LogP contribution in [-0.2, 0) is 6.54 Å². The number of nitrogens with zero attached hydrogens (tertiary/aromatic N) is 1. The summed E-state index contributed by atoms with van der Waals surface area (Å²) in [5.74, 6) is 0.400. The van der Waals surface area contributed by atoms with Crippen LogP contribution < -0.4 is 10.1 Å². The fraction of sp³-hybridized carbons (Fsp3) is 0.571. The first kappa shape index (κ1) is 13.8. The van der Waals surface area contributed by atoms with E-state index in [0.29, 0.717) is 12.3 Å². The third-order valence-electron chi connectivity index (χ3n) is 3.45. The molecule has 5 heteroatoms. The van der Waals surface area contributed by atoms with Gasteiger partial charge >= 0.3 is 5.69 Å². The van der Waals surface area contributed by atoms with Gasteiger partial charge in [0, 0.05) is 12.6 Å². The Balaban J connectivity index is 2.15. The van der Waals surface area contributed by atoms with E-state index in [0.717, 1.165) is 31.2 Å². The molecule has 1 N–H and O–H groups in total. The first-order chi connectivity index (χ1) is 9.20. The Labute approximate surface area is 113 Å². The highest BCUT2D eigenvalue weighted by atomic mass is 16.6. The molecular formula is C14H20N2O3. The summed E-state index contributed by atoms with van der Waals surface area (Å²) in [4.78, 5) is 10.8. The van der Waals surface area contributed by atoms with Gasteiger partial charge in [-0.15, -0.1) is 0 Å². The molecule has 0 saturated heterocycles. The van der Waals surface area contributed by atoms with Gasteiger partial charge in [0.1, 0.15) is 0 Å². The van der Waals surface area contributed by atoms with E-state index < -0.39 is 0 Å². The fourth-order valence-corrected chi connectivity index (χ4v) is 2.48. The Hall–Kier alpha value is -1.62. The first-order valence-electron chi connectivity index (χ1n) is 6.79. The van der Waals surface area contributed by atoms with Crippen LogP contribution >= 0.6 is 0 Å². The van der Waals surface area contributed by atoms with Crippen molar-refractivity contribution in [1.82, 2.24) is 5.32 Å². The van der Waals surface area contributed by atoms with E-state index in [9.17, 15) is 10.1 Å². The van der Waals surface area contributed by atoms with Gasteiger partial charge in [0.15, 0.2) is 5.75 Å². The van der Waals surface area contributed by atoms with Gasteiger partial charge in [-0.3, -0.25) is 10.1 Å². The lowest BCUT2D eigenvalue weighted by molar-refractivity contribution is -0.386. The quantitative estimate of drug-likeness (QED) is 0.656. The summed E-state index contributed by atoms with van der Waals surface area (Å²) in [6, 6.07) is 5.19. The maximum absolute atomic E-state index is 11.1. The molecule has 0 heterocycles. The van der Waals surface area contributed by atoms with Gasteiger partial charge in [0.05, 0.1) is 11.0 Å². The predicted octanol–water partition coefficient (Wildman–Crippen LogP) is 3.03. The minimum Gasteiger partial charge on any atom is -0.484 e. The number of hydrogen-bond donors (Lipinski definition) is 1. The Morgan fingerprint density at radius 1 is 1.37 bits per heavy atom. The Morgan fingerprint density at radius 2 is 2.11 bits per heavy atom. The highest BCUT2D eigenvalue weighted by molar-refractivity contribution is 5.48. The molecule has 0 spiro atoms. The first-order valence-corrected chi connectivity index (χ1v) is 6.79. The molecule has 1 saturated carbocycles. The third-order valence-corrected chi connectivity index (χ3v) is 3.45. The number of ether oxygens (including phenoxy) is 1. The molecule has 0 radical (unpaired) electrons. The molecule has 0 unspecified atom stereocenters. The van der Waals surface area contributed by atoms with E-state index in [1.807, 2.05) is 13.1 Å². The number of hydrogen-bond acceptors (Lipinski definition) is 4. The molecule has 1 aliphatic carbocycles. The minimum absolute atomic E-state index is 0.0679. The van der Waals surface area contributed by atoms with Gasteiger partial charge in [-0.1, -0.05) is 12.5 Å². The lowest BCUT2D eigenvalue weighted by Crippen LogP contribution is -2.20. The Kier molecular flexibility index (Phi) is 4.74. The van der Waals surface area contributed by atoms with Crippen molar-refractivity contribution < 1.29 is 9.66 Å². The van der Waals surface area contributed by atoms with Gasteiger partial charge < -0.3 is 10.1 Å². The van der Waals surface area contributed by atoms with Crippen molar-refractivity contribution in [2.75, 3.05) is 7.05 Å². The molecule has 0 bridgehead atoms. The van der Waals surface area contributed by atoms with Gasteiger partial charge in [0.25, 0.3) is 0 Å². The predicted molar refractivity (Wildman–Crippen MR) is 73.4 cm³/mol. The fourth-order valence-electron chi connectivity index (χ4n) is 2.48. The van der Waals surface area contributed by atoms with Crippen molar-refractivity contribution in [1.29, 1.82) is 0 Å². The second-order valence-corrected chi connectivity index (χ2v) is 4.97. The van der Waals surface area contributed by atoms with Crippen molar-refractivity contribution in [2.45, 2.75) is 44.8 Å². The highest BCUT2D eigenvalue weighted by Crippen LogP contribution is 2.31. The summed E-state index contributed by atoms with van der Waals surface area (Å²) in [5.41, 5.74) is 0.962. The molecule has 2 rings (SSSR count). The molecule has 0 atom stereocenters. The lowest BCUT2D eigenvalue weighted by Gasteiger charge is -2.22. The Bertz CT molecular complexity index is 442. The van der Waals surface area contributed by atoms with E-state index in [1.54, 1.807) is 12.1 Å². The molecule has 1 fully saturated rings. The molecule has 1 aliphatic rings. The lowest BCUT2D eigenvalue weighted by atomic mass is 9.98. The molecule has 1 aromatic carbocycles. The number of nitro benzene ring substituents is 1. The Morgan fingerprint density at radius 3 is 2.74 bits per heavy atom. The smallest absolute Gasteiger partial charge is 0.311 e. The van der Waals surface area contributed by atoms with Gasteiger partial charge in [-0.05, 0) is 44.4 Å². The molecule has 104 valence electrons. The molecule has 0 amide bonds. The zero-order chi connectivity index (χ0) is 13.7. The highest BCUT2D eigenvalue weighted by Gasteiger charge is 2.21. The molecule has 0 aliphatic heterocycles. The van der Waals surface area contributed by atoms with Crippen LogP contribution in [0.2, 0.25) is 0 Å². The number of benzene rings is 1. The SMILES string of the molecule is CNCc1ccc(OC2CCCCC2)c([N+](=O)[O-])c1. The molecule has 0 aromatic heterocycles. The van der Waals surface area contributed by atoms with Crippen molar-refractivity contribution >= 4 is 5.69 Å². The van der Waals surface area contributed by atoms with Gasteiger partial charge in [0.2, 0.25) is 0 Å². The monoisotopic (exact) mass is 264 g/mol. The molecule has 19 heavy (non-hydrogen) atoms. The average molecular weight is 264 g/mol. The van der Waals surface area contributed by atoms with Crippen LogP contribution in [0.25, 0.3) is 0 Å². The largest absolute Gasteiger partial charge is 0.484 e. The van der Waals surface area contributed by atoms with Crippen LogP contribution in [0, 0.1) is 10.1 Å². The van der Waals surface area contributed by atoms with E-state index in [4.69, 9.17) is 4.74 Å². The van der Waals surface area contributed by atoms with Crippen LogP contribution in [0.15, 0.2) is 18.2 Å². The zero-order valence-electron chi connectivity index (χ0n) is 11.2. The standard InChI is InChI=1S/C14H20N2O3/c1-15-10-11-7-8-14(13(9-11)16(17)18)19-12-5-3-2-4-6-12/h7-9,12,15H,2-6,10H2,1H3. The molecule has 5 nitrogen and oxygen atoms in total. The van der Waals surface area contributed by atoms with Crippen molar-refractivity contribution in [3.8, 4) is 5.75 Å². The van der Waals surface area contributed by atoms with Crippen molar-refractivity contribution in [3.63, 3.8) is 0 Å². The van der Waals surface area contributed by atoms with Crippen LogP contribution in [0.4, 0.5) is 5.69 Å². The van der Waals surface area contributed by atoms with Gasteiger partial charge in [-0.2, -0.15) is 0 Å². The molecular weight excluding hydrogens is 244 g/mol. The second-order valence-electron chi connectivity index (χ2n) is 4.97. The normalized spacial score (nSPS) is 16.3. The average Bonchev–Trinajstić information content (AvgIpc) is 2.42. The maximum Gasteiger partial charge on any atom is 0.311 e. The maximum atomic E-state index is 11.1. The van der Waals surface area contributed by atoms with E-state index in [1.165, 1.54) is 6.42 Å². The van der Waals surface area contributed by atoms with Crippen LogP contribution in [0.5, 0.6) is 5.75 Å². The van der Waals surface area contributed by atoms with Crippen molar-refractivity contribution in [3.05, 3.63) is 33.9 Å². The van der Waals surface area contributed by atoms with E-state index in [2.05, 4.69) is 5.32 Å². The summed E-state index contributed by atoms with van der Waals surface area (Å²) in [6.45, 7) is 0.616. The van der Waals surface area contributed by atoms with Crippen LogP contribution in [0.3, 0.4) is 0 Å². The summed E-state index contributed by atoms with van der Waals surface area (Å²) < 4.78 is 5.82. The van der Waals surface area contributed by atoms with Crippen LogP contribution in [0.1, 0.15) is 37.7 Å². The number of nitro groups is 1.